The molecule has 9 N–H and O–H groups in total. The number of ether oxygens (including phenoxy) is 3. The van der Waals surface area contributed by atoms with Crippen LogP contribution in [-0.4, -0.2) is 201 Å². The van der Waals surface area contributed by atoms with Crippen LogP contribution in [0.3, 0.4) is 0 Å². The van der Waals surface area contributed by atoms with Gasteiger partial charge in [-0.1, -0.05) is 97.4 Å². The lowest BCUT2D eigenvalue weighted by Gasteiger charge is -2.40. The number of hydrogen-bond acceptors (Lipinski definition) is 15. The Hall–Kier alpha value is -7.48. The number of alkyl carbamates (subject to hydrolysis) is 1. The zero-order valence-corrected chi connectivity index (χ0v) is 57.6. The highest BCUT2D eigenvalue weighted by Crippen LogP contribution is 2.31. The fraction of sp³-hybridized carbons (Fsp3) is 0.652. The van der Waals surface area contributed by atoms with Gasteiger partial charge in [-0.3, -0.25) is 48.2 Å². The number of urea groups is 1. The van der Waals surface area contributed by atoms with Crippen molar-refractivity contribution in [3.05, 3.63) is 77.9 Å². The lowest BCUT2D eigenvalue weighted by Crippen LogP contribution is -2.61. The normalized spacial score (nSPS) is 19.1. The monoisotopic (exact) mass is 1310 g/mol. The molecule has 3 aliphatic rings. The third-order valence-corrected chi connectivity index (χ3v) is 18.6. The first kappa shape index (κ1) is 77.2. The number of amides is 11. The molecule has 0 radical (unpaired) electrons. The quantitative estimate of drug-likeness (QED) is 0.0317. The molecule has 522 valence electrons. The Morgan fingerprint density at radius 1 is 0.745 bits per heavy atom. The van der Waals surface area contributed by atoms with E-state index in [0.717, 1.165) is 18.5 Å². The van der Waals surface area contributed by atoms with Crippen molar-refractivity contribution in [2.24, 2.45) is 29.4 Å². The van der Waals surface area contributed by atoms with Gasteiger partial charge in [0.05, 0.1) is 54.3 Å². The van der Waals surface area contributed by atoms with E-state index in [-0.39, 0.29) is 97.0 Å². The number of carbonyl (C=O) groups is 10. The van der Waals surface area contributed by atoms with Gasteiger partial charge in [-0.05, 0) is 126 Å². The van der Waals surface area contributed by atoms with Gasteiger partial charge in [-0.2, -0.15) is 0 Å². The summed E-state index contributed by atoms with van der Waals surface area (Å²) < 4.78 is 17.8. The highest BCUT2D eigenvalue weighted by atomic mass is 16.5. The molecule has 0 saturated carbocycles. The summed E-state index contributed by atoms with van der Waals surface area (Å²) in [5.41, 5.74) is 6.58. The van der Waals surface area contributed by atoms with Crippen molar-refractivity contribution < 1.29 is 62.2 Å². The number of benzene rings is 2. The van der Waals surface area contributed by atoms with Crippen LogP contribution in [-0.2, 0) is 65.6 Å². The third-order valence-electron chi connectivity index (χ3n) is 18.6. The fourth-order valence-corrected chi connectivity index (χ4v) is 12.7. The standard InChI is InChI=1S/C69H108N12O13/c1-44(2)53(76-56(82)27-17-14-20-37-81-57(83)32-33-58(81)84)42-72-52(25-18-19-35-71-67(70)90)64(87)74-50-30-28-49(29-31-50)43-94-68(91)73-41-51(39-48-23-15-13-16-24-48)75-63(86)47(7)62(93-12)54-26-21-38-80(54)59(85)40-55(92-11)61(46(5)6)79(10)65(88)60(45(3)4)77-66(89)69(8)34-22-36-78(69)9/h13,15-16,23-24,28-33,44-47,51-55,60-62,72H,14,17-22,25-27,34-43H2,1-12H3,(H,73,91)(H,74,87)(H,75,86)(H,76,82)(H,77,89)(H3,70,71,90)/t47-,51+,52+,53-,54+,55-,60+,61+,62-,69+/m1/s1. The van der Waals surface area contributed by atoms with E-state index in [1.54, 1.807) is 48.0 Å². The molecular formula is C69H108N12O13. The number of hydrogen-bond donors (Lipinski definition) is 8. The van der Waals surface area contributed by atoms with Gasteiger partial charge in [-0.25, -0.2) is 9.59 Å². The van der Waals surface area contributed by atoms with E-state index in [0.29, 0.717) is 102 Å². The minimum atomic E-state index is -0.798. The van der Waals surface area contributed by atoms with Crippen molar-refractivity contribution >= 4 is 65.1 Å². The number of likely N-dealkylation sites (N-methyl/N-ethyl adjacent to an activating group) is 2. The predicted octanol–water partition coefficient (Wildman–Crippen LogP) is 5.16. The average molecular weight is 1310 g/mol. The average Bonchev–Trinajstić information content (AvgIpc) is 1.47. The van der Waals surface area contributed by atoms with Gasteiger partial charge in [0, 0.05) is 84.3 Å². The van der Waals surface area contributed by atoms with E-state index >= 15 is 0 Å². The second-order valence-corrected chi connectivity index (χ2v) is 26.6. The van der Waals surface area contributed by atoms with E-state index < -0.39 is 66.0 Å². The Balaban J connectivity index is 1.15. The second-order valence-electron chi connectivity index (χ2n) is 26.6. The minimum absolute atomic E-state index is 0.0183. The molecule has 10 atom stereocenters. The highest BCUT2D eigenvalue weighted by Gasteiger charge is 2.46. The summed E-state index contributed by atoms with van der Waals surface area (Å²) >= 11 is 0. The molecule has 94 heavy (non-hydrogen) atoms. The third kappa shape index (κ3) is 23.2. The molecule has 2 saturated heterocycles. The Kier molecular flexibility index (Phi) is 31.4. The lowest BCUT2D eigenvalue weighted by atomic mass is 9.91. The number of methoxy groups -OCH3 is 2. The Bertz CT molecular complexity index is 2840. The van der Waals surface area contributed by atoms with Crippen molar-refractivity contribution in [2.45, 2.75) is 199 Å². The predicted molar refractivity (Wildman–Crippen MR) is 358 cm³/mol. The number of unbranched alkanes of at least 4 members (excludes halogenated alkanes) is 3. The van der Waals surface area contributed by atoms with Gasteiger partial charge in [0.25, 0.3) is 11.8 Å². The summed E-state index contributed by atoms with van der Waals surface area (Å²) in [7, 11) is 6.69. The first-order valence-electron chi connectivity index (χ1n) is 33.6. The maximum absolute atomic E-state index is 14.5. The van der Waals surface area contributed by atoms with E-state index in [1.807, 2.05) is 90.7 Å². The zero-order chi connectivity index (χ0) is 69.2. The Labute approximate surface area is 556 Å². The summed E-state index contributed by atoms with van der Waals surface area (Å²) in [5.74, 6) is -3.15. The second kappa shape index (κ2) is 38.2. The number of nitrogens with zero attached hydrogens (tertiary/aromatic N) is 4. The van der Waals surface area contributed by atoms with E-state index in [2.05, 4.69) is 37.2 Å². The van der Waals surface area contributed by atoms with Crippen molar-refractivity contribution in [3.8, 4) is 0 Å². The summed E-state index contributed by atoms with van der Waals surface area (Å²) in [6.45, 7) is 17.5. The van der Waals surface area contributed by atoms with Crippen molar-refractivity contribution in [1.82, 2.24) is 51.5 Å². The van der Waals surface area contributed by atoms with Crippen molar-refractivity contribution in [1.29, 1.82) is 0 Å². The number of rotatable bonds is 39. The largest absolute Gasteiger partial charge is 0.445 e. The molecule has 3 aliphatic heterocycles. The van der Waals surface area contributed by atoms with Crippen LogP contribution in [0.1, 0.15) is 144 Å². The SMILES string of the molecule is CO[C@H]([C@@H](C)C(=O)N[C@H](CNC(=O)OCc1ccc(NC(=O)[C@H](CCCCNC(N)=O)NC[C@@H](NC(=O)CCCCCN2C(=O)C=CC2=O)C(C)C)cc1)Cc1ccccc1)[C@@H]1CCCN1C(=O)C[C@@H](OC)[C@H](C(C)C)N(C)C(=O)[C@@H](NC(=O)[C@]1(C)CCCN1C)C(C)C. The molecule has 11 amide bonds. The van der Waals surface area contributed by atoms with Gasteiger partial charge in [0.1, 0.15) is 12.6 Å². The molecular weight excluding hydrogens is 1200 g/mol. The van der Waals surface area contributed by atoms with Crippen LogP contribution in [0.25, 0.3) is 0 Å². The maximum Gasteiger partial charge on any atom is 0.407 e. The fourth-order valence-electron chi connectivity index (χ4n) is 12.7. The first-order valence-corrected chi connectivity index (χ1v) is 33.6. The van der Waals surface area contributed by atoms with E-state index in [9.17, 15) is 47.9 Å². The van der Waals surface area contributed by atoms with E-state index in [4.69, 9.17) is 19.9 Å². The zero-order valence-electron chi connectivity index (χ0n) is 57.6. The Morgan fingerprint density at radius 2 is 1.44 bits per heavy atom. The number of carbonyl (C=O) groups excluding carboxylic acids is 10. The maximum atomic E-state index is 14.5. The van der Waals surface area contributed by atoms with Crippen LogP contribution in [0.4, 0.5) is 15.3 Å². The molecule has 5 rings (SSSR count). The molecule has 2 aromatic rings. The molecule has 0 aliphatic carbocycles. The minimum Gasteiger partial charge on any atom is -0.445 e. The number of nitrogens with two attached hydrogens (primary N) is 1. The first-order chi connectivity index (χ1) is 44.7. The van der Waals surface area contributed by atoms with Crippen LogP contribution in [0, 0.1) is 23.7 Å². The van der Waals surface area contributed by atoms with E-state index in [1.165, 1.54) is 31.3 Å². The molecule has 0 spiro atoms. The topological polar surface area (TPSA) is 322 Å². The van der Waals surface area contributed by atoms with Crippen LogP contribution >= 0.6 is 0 Å². The highest BCUT2D eigenvalue weighted by molar-refractivity contribution is 6.12. The molecule has 25 heteroatoms. The van der Waals surface area contributed by atoms with Gasteiger partial charge in [0.15, 0.2) is 0 Å². The molecule has 0 unspecified atom stereocenters. The Morgan fingerprint density at radius 3 is 2.04 bits per heavy atom. The number of primary amides is 1. The molecule has 2 aromatic carbocycles. The smallest absolute Gasteiger partial charge is 0.407 e. The van der Waals surface area contributed by atoms with Crippen LogP contribution in [0.2, 0.25) is 0 Å². The number of anilines is 1. The van der Waals surface area contributed by atoms with Crippen LogP contribution in [0.15, 0.2) is 66.7 Å². The number of likely N-dealkylation sites (tertiary alicyclic amines) is 2. The molecule has 0 bridgehead atoms. The summed E-state index contributed by atoms with van der Waals surface area (Å²) in [6, 6.07) is 12.4. The summed E-state index contributed by atoms with van der Waals surface area (Å²) in [6.07, 6.45) is 7.24. The summed E-state index contributed by atoms with van der Waals surface area (Å²) in [4.78, 5) is 139. The van der Waals surface area contributed by atoms with Gasteiger partial charge >= 0.3 is 12.1 Å². The molecule has 2 fully saturated rings. The number of imide groups is 1. The van der Waals surface area contributed by atoms with Gasteiger partial charge in [0.2, 0.25) is 35.4 Å². The molecule has 25 nitrogen and oxygen atoms in total. The lowest BCUT2D eigenvalue weighted by molar-refractivity contribution is -0.148. The van der Waals surface area contributed by atoms with Crippen LogP contribution < -0.4 is 43.0 Å². The number of nitrogens with one attached hydrogen (secondary N) is 7. The molecule has 0 aromatic heterocycles. The van der Waals surface area contributed by atoms with Crippen molar-refractivity contribution in [3.63, 3.8) is 0 Å². The van der Waals surface area contributed by atoms with Gasteiger partial charge in [-0.15, -0.1) is 0 Å². The molecule has 3 heterocycles. The van der Waals surface area contributed by atoms with Crippen LogP contribution in [0.5, 0.6) is 0 Å². The van der Waals surface area contributed by atoms with Crippen molar-refractivity contribution in [2.75, 3.05) is 72.9 Å². The van der Waals surface area contributed by atoms with Gasteiger partial charge < -0.3 is 67.0 Å². The summed E-state index contributed by atoms with van der Waals surface area (Å²) in [5, 5.41) is 21.0.